The predicted octanol–water partition coefficient (Wildman–Crippen LogP) is 1.76. The Labute approximate surface area is 178 Å². The van der Waals surface area contributed by atoms with E-state index in [0.717, 1.165) is 32.5 Å². The van der Waals surface area contributed by atoms with E-state index in [9.17, 15) is 9.59 Å². The molecule has 3 aliphatic heterocycles. The lowest BCUT2D eigenvalue weighted by Crippen LogP contribution is -2.52. The molecule has 0 radical (unpaired) electrons. The number of morpholine rings is 1. The number of benzene rings is 1. The molecule has 7 heteroatoms. The Balaban J connectivity index is 1.28. The summed E-state index contributed by atoms with van der Waals surface area (Å²) in [5.41, 5.74) is 1.92. The first-order chi connectivity index (χ1) is 14.5. The van der Waals surface area contributed by atoms with Crippen molar-refractivity contribution in [3.63, 3.8) is 0 Å². The molecule has 7 nitrogen and oxygen atoms in total. The quantitative estimate of drug-likeness (QED) is 0.750. The van der Waals surface area contributed by atoms with Gasteiger partial charge in [0.1, 0.15) is 6.10 Å². The molecule has 164 valence electrons. The predicted molar refractivity (Wildman–Crippen MR) is 113 cm³/mol. The summed E-state index contributed by atoms with van der Waals surface area (Å²) in [6.45, 7) is 9.93. The van der Waals surface area contributed by atoms with Gasteiger partial charge >= 0.3 is 0 Å². The minimum Gasteiger partial charge on any atom is -0.373 e. The fraction of sp³-hybridized carbons (Fsp3) is 0.652. The van der Waals surface area contributed by atoms with Crippen molar-refractivity contribution < 1.29 is 19.1 Å². The summed E-state index contributed by atoms with van der Waals surface area (Å²) in [4.78, 5) is 31.5. The van der Waals surface area contributed by atoms with Crippen LogP contribution in [0.2, 0.25) is 0 Å². The minimum absolute atomic E-state index is 0.0411. The Bertz CT molecular complexity index is 729. The molecule has 0 bridgehead atoms. The fourth-order valence-corrected chi connectivity index (χ4v) is 4.71. The van der Waals surface area contributed by atoms with Crippen LogP contribution in [0.3, 0.4) is 0 Å². The Hall–Kier alpha value is -1.96. The van der Waals surface area contributed by atoms with E-state index in [2.05, 4.69) is 30.9 Å². The van der Waals surface area contributed by atoms with Crippen molar-refractivity contribution in [3.8, 4) is 0 Å². The smallest absolute Gasteiger partial charge is 0.253 e. The first-order valence-corrected chi connectivity index (χ1v) is 11.2. The van der Waals surface area contributed by atoms with E-state index in [0.29, 0.717) is 38.3 Å². The lowest BCUT2D eigenvalue weighted by molar-refractivity contribution is -0.142. The van der Waals surface area contributed by atoms with Crippen molar-refractivity contribution >= 4 is 11.8 Å². The number of ether oxygens (including phenoxy) is 2. The molecule has 3 unspecified atom stereocenters. The Kier molecular flexibility index (Phi) is 6.71. The van der Waals surface area contributed by atoms with Crippen LogP contribution in [-0.2, 0) is 20.8 Å². The molecule has 3 saturated heterocycles. The van der Waals surface area contributed by atoms with Gasteiger partial charge in [-0.2, -0.15) is 0 Å². The maximum Gasteiger partial charge on any atom is 0.253 e. The third-order valence-electron chi connectivity index (χ3n) is 6.19. The number of hydrogen-bond donors (Lipinski definition) is 0. The first kappa shape index (κ1) is 21.3. The zero-order valence-corrected chi connectivity index (χ0v) is 18.1. The topological polar surface area (TPSA) is 62.3 Å². The lowest BCUT2D eigenvalue weighted by atomic mass is 10.1. The van der Waals surface area contributed by atoms with Gasteiger partial charge in [-0.3, -0.25) is 14.5 Å². The number of carbonyl (C=O) groups excluding carboxylic acids is 2. The number of rotatable bonds is 4. The Morgan fingerprint density at radius 3 is 2.20 bits per heavy atom. The van der Waals surface area contributed by atoms with E-state index >= 15 is 0 Å². The van der Waals surface area contributed by atoms with Crippen LogP contribution in [0.1, 0.15) is 42.6 Å². The highest BCUT2D eigenvalue weighted by atomic mass is 16.5. The van der Waals surface area contributed by atoms with Crippen LogP contribution >= 0.6 is 0 Å². The highest BCUT2D eigenvalue weighted by Gasteiger charge is 2.31. The monoisotopic (exact) mass is 415 g/mol. The van der Waals surface area contributed by atoms with Gasteiger partial charge in [0.25, 0.3) is 11.8 Å². The van der Waals surface area contributed by atoms with Crippen LogP contribution in [0.25, 0.3) is 0 Å². The normalized spacial score (nSPS) is 28.0. The van der Waals surface area contributed by atoms with Gasteiger partial charge in [0.2, 0.25) is 0 Å². The van der Waals surface area contributed by atoms with Gasteiger partial charge in [0.05, 0.1) is 12.2 Å². The lowest BCUT2D eigenvalue weighted by Gasteiger charge is -2.36. The summed E-state index contributed by atoms with van der Waals surface area (Å²) in [5.74, 6) is 0.120. The van der Waals surface area contributed by atoms with Gasteiger partial charge in [0.15, 0.2) is 0 Å². The molecule has 3 heterocycles. The standard InChI is InChI=1S/C23H33N3O4/c1-17-14-24(15-18(2)30-17)16-19-5-7-20(8-6-19)22(27)25-9-11-26(12-10-25)23(28)21-4-3-13-29-21/h5-8,17-18,21H,3-4,9-16H2,1-2H3. The molecule has 2 amide bonds. The molecule has 1 aromatic rings. The van der Waals surface area contributed by atoms with Crippen LogP contribution in [0.5, 0.6) is 0 Å². The number of amides is 2. The Morgan fingerprint density at radius 2 is 1.60 bits per heavy atom. The number of hydrogen-bond acceptors (Lipinski definition) is 5. The molecule has 0 spiro atoms. The molecule has 3 fully saturated rings. The minimum atomic E-state index is -0.280. The highest BCUT2D eigenvalue weighted by molar-refractivity contribution is 5.94. The average molecular weight is 416 g/mol. The summed E-state index contributed by atoms with van der Waals surface area (Å²) in [6.07, 6.45) is 1.99. The van der Waals surface area contributed by atoms with Crippen LogP contribution in [0.15, 0.2) is 24.3 Å². The number of nitrogens with zero attached hydrogens (tertiary/aromatic N) is 3. The summed E-state index contributed by atoms with van der Waals surface area (Å²) >= 11 is 0. The molecule has 0 N–H and O–H groups in total. The zero-order chi connectivity index (χ0) is 21.1. The van der Waals surface area contributed by atoms with Crippen molar-refractivity contribution in [2.75, 3.05) is 45.9 Å². The van der Waals surface area contributed by atoms with Crippen molar-refractivity contribution in [2.45, 2.75) is 51.5 Å². The maximum atomic E-state index is 12.9. The highest BCUT2D eigenvalue weighted by Crippen LogP contribution is 2.18. The summed E-state index contributed by atoms with van der Waals surface area (Å²) in [7, 11) is 0. The van der Waals surface area contributed by atoms with Crippen LogP contribution in [-0.4, -0.2) is 90.7 Å². The molecule has 1 aromatic carbocycles. The van der Waals surface area contributed by atoms with Crippen LogP contribution < -0.4 is 0 Å². The molecule has 3 aliphatic rings. The molecular weight excluding hydrogens is 382 g/mol. The summed E-state index contributed by atoms with van der Waals surface area (Å²) in [5, 5.41) is 0. The van der Waals surface area contributed by atoms with Gasteiger partial charge in [-0.05, 0) is 44.4 Å². The number of carbonyl (C=O) groups is 2. The zero-order valence-electron chi connectivity index (χ0n) is 18.1. The van der Waals surface area contributed by atoms with E-state index < -0.39 is 0 Å². The molecule has 30 heavy (non-hydrogen) atoms. The van der Waals surface area contributed by atoms with Gasteiger partial charge in [-0.1, -0.05) is 12.1 Å². The van der Waals surface area contributed by atoms with Crippen molar-refractivity contribution in [1.82, 2.24) is 14.7 Å². The maximum absolute atomic E-state index is 12.9. The number of piperazine rings is 1. The third kappa shape index (κ3) is 5.02. The molecule has 4 rings (SSSR count). The first-order valence-electron chi connectivity index (χ1n) is 11.2. The summed E-state index contributed by atoms with van der Waals surface area (Å²) in [6, 6.07) is 7.95. The van der Waals surface area contributed by atoms with E-state index in [1.54, 1.807) is 0 Å². The summed E-state index contributed by atoms with van der Waals surface area (Å²) < 4.78 is 11.3. The second-order valence-electron chi connectivity index (χ2n) is 8.77. The van der Waals surface area contributed by atoms with Gasteiger partial charge in [0, 0.05) is 58.0 Å². The van der Waals surface area contributed by atoms with E-state index in [-0.39, 0.29) is 30.1 Å². The van der Waals surface area contributed by atoms with E-state index in [1.165, 1.54) is 5.56 Å². The average Bonchev–Trinajstić information content (AvgIpc) is 3.28. The van der Waals surface area contributed by atoms with E-state index in [1.807, 2.05) is 21.9 Å². The SMILES string of the molecule is CC1CN(Cc2ccc(C(=O)N3CCN(C(=O)C4CCCO4)CC3)cc2)CC(C)O1. The second-order valence-corrected chi connectivity index (χ2v) is 8.77. The molecular formula is C23H33N3O4. The molecule has 3 atom stereocenters. The van der Waals surface area contributed by atoms with Crippen molar-refractivity contribution in [3.05, 3.63) is 35.4 Å². The van der Waals surface area contributed by atoms with Gasteiger partial charge in [-0.25, -0.2) is 0 Å². The fourth-order valence-electron chi connectivity index (χ4n) is 4.71. The van der Waals surface area contributed by atoms with Gasteiger partial charge < -0.3 is 19.3 Å². The van der Waals surface area contributed by atoms with Crippen LogP contribution in [0.4, 0.5) is 0 Å². The van der Waals surface area contributed by atoms with Crippen molar-refractivity contribution in [2.24, 2.45) is 0 Å². The van der Waals surface area contributed by atoms with Crippen molar-refractivity contribution in [1.29, 1.82) is 0 Å². The Morgan fingerprint density at radius 1 is 0.967 bits per heavy atom. The second kappa shape index (κ2) is 9.45. The molecule has 0 saturated carbocycles. The van der Waals surface area contributed by atoms with Gasteiger partial charge in [-0.15, -0.1) is 0 Å². The third-order valence-corrected chi connectivity index (χ3v) is 6.19. The largest absolute Gasteiger partial charge is 0.373 e. The van der Waals surface area contributed by atoms with Crippen LogP contribution in [0, 0.1) is 0 Å². The molecule has 0 aromatic heterocycles. The molecule has 0 aliphatic carbocycles. The van der Waals surface area contributed by atoms with E-state index in [4.69, 9.17) is 9.47 Å².